The molecule has 1 aromatic carbocycles. The van der Waals surface area contributed by atoms with Gasteiger partial charge < -0.3 is 5.32 Å². The number of fused-ring (bicyclic) bond motifs is 1. The molecule has 0 bridgehead atoms. The van der Waals surface area contributed by atoms with Gasteiger partial charge in [-0.05, 0) is 56.7 Å². The quantitative estimate of drug-likeness (QED) is 0.797. The predicted molar refractivity (Wildman–Crippen MR) is 101 cm³/mol. The van der Waals surface area contributed by atoms with Crippen molar-refractivity contribution >= 4 is 34.0 Å². The second kappa shape index (κ2) is 7.42. The Morgan fingerprint density at radius 1 is 1.33 bits per heavy atom. The van der Waals surface area contributed by atoms with Gasteiger partial charge in [-0.3, -0.25) is 4.79 Å². The molecule has 3 nitrogen and oxygen atoms in total. The number of amides is 1. The SMILES string of the molecule is Cc1ccc(C)c(SCC(=O)Nc2sc3c(c2C#N)CCCC3)c1. The maximum Gasteiger partial charge on any atom is 0.235 e. The molecular formula is C19H20N2OS2. The van der Waals surface area contributed by atoms with Crippen molar-refractivity contribution < 1.29 is 4.79 Å². The number of thiophene rings is 1. The fourth-order valence-electron chi connectivity index (χ4n) is 2.94. The Balaban J connectivity index is 1.68. The molecule has 1 aliphatic carbocycles. The van der Waals surface area contributed by atoms with Crippen molar-refractivity contribution in [3.8, 4) is 6.07 Å². The van der Waals surface area contributed by atoms with Crippen molar-refractivity contribution in [2.24, 2.45) is 0 Å². The third-order valence-corrected chi connectivity index (χ3v) is 6.60. The second-order valence-electron chi connectivity index (χ2n) is 6.13. The van der Waals surface area contributed by atoms with Gasteiger partial charge in [-0.1, -0.05) is 17.7 Å². The molecule has 124 valence electrons. The van der Waals surface area contributed by atoms with E-state index in [0.717, 1.165) is 34.7 Å². The number of hydrogen-bond donors (Lipinski definition) is 1. The number of nitrogens with zero attached hydrogens (tertiary/aromatic N) is 1. The highest BCUT2D eigenvalue weighted by molar-refractivity contribution is 8.00. The van der Waals surface area contributed by atoms with E-state index in [9.17, 15) is 10.1 Å². The number of rotatable bonds is 4. The first-order chi connectivity index (χ1) is 11.6. The molecule has 1 aromatic heterocycles. The molecule has 2 aromatic rings. The number of nitriles is 1. The largest absolute Gasteiger partial charge is 0.316 e. The number of benzene rings is 1. The molecule has 1 amide bonds. The van der Waals surface area contributed by atoms with Crippen LogP contribution >= 0.6 is 23.1 Å². The summed E-state index contributed by atoms with van der Waals surface area (Å²) in [5.74, 6) is 0.313. The van der Waals surface area contributed by atoms with Crippen LogP contribution in [0.3, 0.4) is 0 Å². The van der Waals surface area contributed by atoms with Gasteiger partial charge in [0.2, 0.25) is 5.91 Å². The van der Waals surface area contributed by atoms with Crippen LogP contribution in [0.15, 0.2) is 23.1 Å². The molecule has 0 saturated carbocycles. The smallest absolute Gasteiger partial charge is 0.235 e. The van der Waals surface area contributed by atoms with E-state index < -0.39 is 0 Å². The number of hydrogen-bond acceptors (Lipinski definition) is 4. The average Bonchev–Trinajstić information content (AvgIpc) is 2.92. The molecule has 3 rings (SSSR count). The van der Waals surface area contributed by atoms with Gasteiger partial charge in [0.05, 0.1) is 11.3 Å². The second-order valence-corrected chi connectivity index (χ2v) is 8.25. The van der Waals surface area contributed by atoms with Gasteiger partial charge in [-0.25, -0.2) is 0 Å². The van der Waals surface area contributed by atoms with Crippen LogP contribution in [-0.2, 0) is 17.6 Å². The lowest BCUT2D eigenvalue weighted by Gasteiger charge is -2.09. The van der Waals surface area contributed by atoms with E-state index in [-0.39, 0.29) is 5.91 Å². The van der Waals surface area contributed by atoms with Crippen LogP contribution in [0.5, 0.6) is 0 Å². The number of carbonyl (C=O) groups excluding carboxylic acids is 1. The highest BCUT2D eigenvalue weighted by Crippen LogP contribution is 2.37. The van der Waals surface area contributed by atoms with E-state index in [1.54, 1.807) is 23.1 Å². The molecule has 1 heterocycles. The van der Waals surface area contributed by atoms with Crippen LogP contribution in [0.2, 0.25) is 0 Å². The molecule has 0 saturated heterocycles. The summed E-state index contributed by atoms with van der Waals surface area (Å²) in [7, 11) is 0. The summed E-state index contributed by atoms with van der Waals surface area (Å²) >= 11 is 3.12. The maximum absolute atomic E-state index is 12.3. The summed E-state index contributed by atoms with van der Waals surface area (Å²) < 4.78 is 0. The van der Waals surface area contributed by atoms with E-state index >= 15 is 0 Å². The first-order valence-corrected chi connectivity index (χ1v) is 9.93. The lowest BCUT2D eigenvalue weighted by Crippen LogP contribution is -2.14. The summed E-state index contributed by atoms with van der Waals surface area (Å²) in [6, 6.07) is 8.56. The topological polar surface area (TPSA) is 52.9 Å². The monoisotopic (exact) mass is 356 g/mol. The van der Waals surface area contributed by atoms with Gasteiger partial charge in [0.15, 0.2) is 0 Å². The Bertz CT molecular complexity index is 818. The number of anilines is 1. The summed E-state index contributed by atoms with van der Waals surface area (Å²) in [4.78, 5) is 14.7. The van der Waals surface area contributed by atoms with Crippen LogP contribution in [0.25, 0.3) is 0 Å². The van der Waals surface area contributed by atoms with Gasteiger partial charge in [-0.2, -0.15) is 5.26 Å². The molecule has 1 N–H and O–H groups in total. The highest BCUT2D eigenvalue weighted by atomic mass is 32.2. The van der Waals surface area contributed by atoms with Crippen molar-refractivity contribution in [1.82, 2.24) is 0 Å². The van der Waals surface area contributed by atoms with E-state index in [2.05, 4.69) is 43.4 Å². The van der Waals surface area contributed by atoms with Crippen molar-refractivity contribution in [3.05, 3.63) is 45.3 Å². The van der Waals surface area contributed by atoms with Crippen LogP contribution in [0, 0.1) is 25.2 Å². The fraction of sp³-hybridized carbons (Fsp3) is 0.368. The zero-order valence-corrected chi connectivity index (χ0v) is 15.6. The minimum Gasteiger partial charge on any atom is -0.316 e. The summed E-state index contributed by atoms with van der Waals surface area (Å²) in [6.07, 6.45) is 4.30. The molecule has 0 radical (unpaired) electrons. The number of nitrogens with one attached hydrogen (secondary N) is 1. The van der Waals surface area contributed by atoms with Crippen LogP contribution in [0.1, 0.15) is 40.0 Å². The Morgan fingerprint density at radius 2 is 2.12 bits per heavy atom. The Hall–Kier alpha value is -1.77. The zero-order chi connectivity index (χ0) is 17.1. The molecule has 0 unspecified atom stereocenters. The van der Waals surface area contributed by atoms with Gasteiger partial charge in [0, 0.05) is 9.77 Å². The third-order valence-electron chi connectivity index (χ3n) is 4.24. The molecule has 1 aliphatic rings. The number of thioether (sulfide) groups is 1. The van der Waals surface area contributed by atoms with Gasteiger partial charge in [0.25, 0.3) is 0 Å². The molecular weight excluding hydrogens is 336 g/mol. The highest BCUT2D eigenvalue weighted by Gasteiger charge is 2.21. The predicted octanol–water partition coefficient (Wildman–Crippen LogP) is 4.85. The van der Waals surface area contributed by atoms with Crippen LogP contribution in [0.4, 0.5) is 5.00 Å². The van der Waals surface area contributed by atoms with E-state index in [1.807, 2.05) is 0 Å². The van der Waals surface area contributed by atoms with Crippen molar-refractivity contribution in [3.63, 3.8) is 0 Å². The molecule has 0 aliphatic heterocycles. The first-order valence-electron chi connectivity index (χ1n) is 8.13. The zero-order valence-electron chi connectivity index (χ0n) is 13.9. The van der Waals surface area contributed by atoms with Gasteiger partial charge in [-0.15, -0.1) is 23.1 Å². The lowest BCUT2D eigenvalue weighted by atomic mass is 9.96. The van der Waals surface area contributed by atoms with Gasteiger partial charge in [0.1, 0.15) is 11.1 Å². The lowest BCUT2D eigenvalue weighted by molar-refractivity contribution is -0.113. The Kier molecular flexibility index (Phi) is 5.27. The molecule has 24 heavy (non-hydrogen) atoms. The molecule has 5 heteroatoms. The first kappa shape index (κ1) is 17.1. The van der Waals surface area contributed by atoms with E-state index in [4.69, 9.17) is 0 Å². The van der Waals surface area contributed by atoms with Crippen molar-refractivity contribution in [2.45, 2.75) is 44.4 Å². The minimum absolute atomic E-state index is 0.0454. The number of carbonyl (C=O) groups is 1. The Morgan fingerprint density at radius 3 is 2.92 bits per heavy atom. The van der Waals surface area contributed by atoms with Crippen LogP contribution < -0.4 is 5.32 Å². The molecule has 0 fully saturated rings. The number of aryl methyl sites for hydroxylation is 3. The van der Waals surface area contributed by atoms with E-state index in [0.29, 0.717) is 11.3 Å². The normalized spacial score (nSPS) is 13.2. The summed E-state index contributed by atoms with van der Waals surface area (Å²) in [5, 5.41) is 13.1. The molecule has 0 atom stereocenters. The average molecular weight is 357 g/mol. The minimum atomic E-state index is -0.0454. The van der Waals surface area contributed by atoms with Crippen LogP contribution in [-0.4, -0.2) is 11.7 Å². The maximum atomic E-state index is 12.3. The summed E-state index contributed by atoms with van der Waals surface area (Å²) in [5.41, 5.74) is 4.22. The van der Waals surface area contributed by atoms with Gasteiger partial charge >= 0.3 is 0 Å². The van der Waals surface area contributed by atoms with Crippen molar-refractivity contribution in [1.29, 1.82) is 5.26 Å². The third kappa shape index (κ3) is 3.66. The summed E-state index contributed by atoms with van der Waals surface area (Å²) in [6.45, 7) is 4.11. The fourth-order valence-corrected chi connectivity index (χ4v) is 5.12. The van der Waals surface area contributed by atoms with E-state index in [1.165, 1.54) is 22.4 Å². The van der Waals surface area contributed by atoms with Crippen molar-refractivity contribution in [2.75, 3.05) is 11.1 Å². The Labute approximate surface area is 151 Å². The standard InChI is InChI=1S/C19H20N2OS2/c1-12-7-8-13(2)17(9-12)23-11-18(22)21-19-15(10-20)14-5-3-4-6-16(14)24-19/h7-9H,3-6,11H2,1-2H3,(H,21,22). The molecule has 0 spiro atoms.